The molecule has 0 fully saturated rings. The van der Waals surface area contributed by atoms with Crippen LogP contribution in [0.4, 0.5) is 5.69 Å². The number of aryl methyl sites for hydroxylation is 1. The molecule has 0 spiro atoms. The summed E-state index contributed by atoms with van der Waals surface area (Å²) in [7, 11) is 1.64. The Hall–Kier alpha value is -2.20. The molecule has 3 rings (SSSR count). The van der Waals surface area contributed by atoms with Gasteiger partial charge in [-0.05, 0) is 30.7 Å². The molecule has 1 heterocycles. The molecular weight excluding hydrogens is 276 g/mol. The number of hydrogen-bond acceptors (Lipinski definition) is 4. The number of oxazole rings is 1. The highest BCUT2D eigenvalue weighted by atomic mass is 35.5. The fourth-order valence-corrected chi connectivity index (χ4v) is 2.20. The van der Waals surface area contributed by atoms with Gasteiger partial charge in [0.2, 0.25) is 5.89 Å². The number of nitrogens with zero attached hydrogens (tertiary/aromatic N) is 1. The first-order chi connectivity index (χ1) is 9.58. The van der Waals surface area contributed by atoms with Crippen molar-refractivity contribution in [1.29, 1.82) is 0 Å². The van der Waals surface area contributed by atoms with Gasteiger partial charge in [0.15, 0.2) is 5.58 Å². The molecule has 20 heavy (non-hydrogen) atoms. The lowest BCUT2D eigenvalue weighted by Crippen LogP contribution is -1.87. The van der Waals surface area contributed by atoms with Gasteiger partial charge in [0.25, 0.3) is 0 Å². The summed E-state index contributed by atoms with van der Waals surface area (Å²) in [5.41, 5.74) is 9.43. The van der Waals surface area contributed by atoms with Crippen molar-refractivity contribution in [1.82, 2.24) is 4.98 Å². The third kappa shape index (κ3) is 2.08. The molecule has 2 N–H and O–H groups in total. The number of aromatic nitrogens is 1. The Bertz CT molecular complexity index is 757. The lowest BCUT2D eigenvalue weighted by Gasteiger charge is -2.05. The molecule has 3 aromatic rings. The Balaban J connectivity index is 2.14. The maximum absolute atomic E-state index is 5.98. The Kier molecular flexibility index (Phi) is 3.03. The molecular formula is C15H13ClN2O2. The largest absolute Gasteiger partial charge is 0.496 e. The maximum Gasteiger partial charge on any atom is 0.227 e. The number of fused-ring (bicyclic) bond motifs is 1. The van der Waals surface area contributed by atoms with Gasteiger partial charge in [-0.2, -0.15) is 0 Å². The number of nitrogens with two attached hydrogens (primary N) is 1. The van der Waals surface area contributed by atoms with Gasteiger partial charge in [-0.25, -0.2) is 4.98 Å². The lowest BCUT2D eigenvalue weighted by molar-refractivity contribution is 0.411. The fraction of sp³-hybridized carbons (Fsp3) is 0.133. The van der Waals surface area contributed by atoms with Gasteiger partial charge in [-0.15, -0.1) is 0 Å². The van der Waals surface area contributed by atoms with E-state index in [0.29, 0.717) is 27.7 Å². The van der Waals surface area contributed by atoms with Crippen LogP contribution < -0.4 is 10.5 Å². The zero-order valence-corrected chi connectivity index (χ0v) is 11.9. The quantitative estimate of drug-likeness (QED) is 0.723. The first kappa shape index (κ1) is 12.8. The van der Waals surface area contributed by atoms with Crippen LogP contribution >= 0.6 is 11.6 Å². The SMILES string of the molecule is COc1cc(-c2nc3cc(Cl)c(N)cc3o2)ccc1C. The molecule has 0 saturated heterocycles. The second-order valence-electron chi connectivity index (χ2n) is 4.54. The summed E-state index contributed by atoms with van der Waals surface area (Å²) in [6.45, 7) is 1.98. The van der Waals surface area contributed by atoms with E-state index in [1.165, 1.54) is 0 Å². The monoisotopic (exact) mass is 288 g/mol. The zero-order chi connectivity index (χ0) is 14.3. The van der Waals surface area contributed by atoms with E-state index in [-0.39, 0.29) is 0 Å². The molecule has 0 aliphatic heterocycles. The number of anilines is 1. The summed E-state index contributed by atoms with van der Waals surface area (Å²) in [4.78, 5) is 4.43. The smallest absolute Gasteiger partial charge is 0.227 e. The number of rotatable bonds is 2. The van der Waals surface area contributed by atoms with Crippen LogP contribution in [0.25, 0.3) is 22.6 Å². The van der Waals surface area contributed by atoms with Crippen LogP contribution in [0.15, 0.2) is 34.7 Å². The van der Waals surface area contributed by atoms with Crippen LogP contribution in [-0.4, -0.2) is 12.1 Å². The minimum absolute atomic E-state index is 0.471. The van der Waals surface area contributed by atoms with E-state index in [0.717, 1.165) is 16.9 Å². The second-order valence-corrected chi connectivity index (χ2v) is 4.95. The number of methoxy groups -OCH3 is 1. The zero-order valence-electron chi connectivity index (χ0n) is 11.1. The summed E-state index contributed by atoms with van der Waals surface area (Å²) in [5, 5.41) is 0.471. The molecule has 0 aliphatic carbocycles. The highest BCUT2D eigenvalue weighted by molar-refractivity contribution is 6.33. The van der Waals surface area contributed by atoms with Crippen LogP contribution in [-0.2, 0) is 0 Å². The molecule has 5 heteroatoms. The molecule has 0 bridgehead atoms. The van der Waals surface area contributed by atoms with E-state index in [4.69, 9.17) is 26.5 Å². The van der Waals surface area contributed by atoms with Gasteiger partial charge >= 0.3 is 0 Å². The van der Waals surface area contributed by atoms with E-state index in [1.54, 1.807) is 19.2 Å². The minimum atomic E-state index is 0.471. The fourth-order valence-electron chi connectivity index (χ4n) is 2.04. The Morgan fingerprint density at radius 1 is 1.25 bits per heavy atom. The van der Waals surface area contributed by atoms with Gasteiger partial charge in [0.05, 0.1) is 17.8 Å². The van der Waals surface area contributed by atoms with Crippen molar-refractivity contribution in [2.75, 3.05) is 12.8 Å². The summed E-state index contributed by atoms with van der Waals surface area (Å²) in [6.07, 6.45) is 0. The molecule has 2 aromatic carbocycles. The van der Waals surface area contributed by atoms with Crippen molar-refractivity contribution < 1.29 is 9.15 Å². The van der Waals surface area contributed by atoms with E-state index < -0.39 is 0 Å². The van der Waals surface area contributed by atoms with Gasteiger partial charge in [-0.3, -0.25) is 0 Å². The lowest BCUT2D eigenvalue weighted by atomic mass is 10.1. The molecule has 0 radical (unpaired) electrons. The predicted molar refractivity (Wildman–Crippen MR) is 80.2 cm³/mol. The van der Waals surface area contributed by atoms with Crippen molar-refractivity contribution in [3.05, 3.63) is 40.9 Å². The van der Waals surface area contributed by atoms with E-state index >= 15 is 0 Å². The maximum atomic E-state index is 5.98. The van der Waals surface area contributed by atoms with Crippen LogP contribution in [0.2, 0.25) is 5.02 Å². The van der Waals surface area contributed by atoms with Crippen LogP contribution in [0, 0.1) is 6.92 Å². The molecule has 0 aliphatic rings. The van der Waals surface area contributed by atoms with E-state index in [9.17, 15) is 0 Å². The average Bonchev–Trinajstić information content (AvgIpc) is 2.82. The average molecular weight is 289 g/mol. The Labute approximate surface area is 121 Å². The van der Waals surface area contributed by atoms with Crippen molar-refractivity contribution in [2.45, 2.75) is 6.92 Å². The summed E-state index contributed by atoms with van der Waals surface area (Å²) < 4.78 is 11.0. The molecule has 102 valence electrons. The van der Waals surface area contributed by atoms with Gasteiger partial charge in [-0.1, -0.05) is 17.7 Å². The topological polar surface area (TPSA) is 61.3 Å². The number of halogens is 1. The highest BCUT2D eigenvalue weighted by Gasteiger charge is 2.12. The highest BCUT2D eigenvalue weighted by Crippen LogP contribution is 2.31. The normalized spacial score (nSPS) is 10.9. The Morgan fingerprint density at radius 2 is 2.05 bits per heavy atom. The van der Waals surface area contributed by atoms with Crippen LogP contribution in [0.1, 0.15) is 5.56 Å². The molecule has 0 amide bonds. The van der Waals surface area contributed by atoms with Gasteiger partial charge in [0, 0.05) is 11.6 Å². The first-order valence-corrected chi connectivity index (χ1v) is 6.47. The minimum Gasteiger partial charge on any atom is -0.496 e. The molecule has 1 aromatic heterocycles. The number of ether oxygens (including phenoxy) is 1. The van der Waals surface area contributed by atoms with Gasteiger partial charge < -0.3 is 14.9 Å². The number of hydrogen-bond donors (Lipinski definition) is 1. The molecule has 4 nitrogen and oxygen atoms in total. The van der Waals surface area contributed by atoms with Crippen molar-refractivity contribution in [2.24, 2.45) is 0 Å². The third-order valence-electron chi connectivity index (χ3n) is 3.16. The van der Waals surface area contributed by atoms with Crippen molar-refractivity contribution >= 4 is 28.4 Å². The van der Waals surface area contributed by atoms with E-state index in [1.807, 2.05) is 25.1 Å². The van der Waals surface area contributed by atoms with E-state index in [2.05, 4.69) is 4.98 Å². The number of benzene rings is 2. The third-order valence-corrected chi connectivity index (χ3v) is 3.49. The van der Waals surface area contributed by atoms with Crippen molar-refractivity contribution in [3.63, 3.8) is 0 Å². The summed E-state index contributed by atoms with van der Waals surface area (Å²) in [5.74, 6) is 1.31. The molecule has 0 unspecified atom stereocenters. The number of nitrogen functional groups attached to an aromatic ring is 1. The second kappa shape index (κ2) is 4.72. The van der Waals surface area contributed by atoms with Gasteiger partial charge in [0.1, 0.15) is 11.3 Å². The van der Waals surface area contributed by atoms with Crippen molar-refractivity contribution in [3.8, 4) is 17.2 Å². The summed E-state index contributed by atoms with van der Waals surface area (Å²) in [6, 6.07) is 9.17. The first-order valence-electron chi connectivity index (χ1n) is 6.09. The van der Waals surface area contributed by atoms with Crippen LogP contribution in [0.3, 0.4) is 0 Å². The molecule has 0 atom stereocenters. The standard InChI is InChI=1S/C15H13ClN2O2/c1-8-3-4-9(5-13(8)19-2)15-18-12-6-10(16)11(17)7-14(12)20-15/h3-7H,17H2,1-2H3. The van der Waals surface area contributed by atoms with Crippen LogP contribution in [0.5, 0.6) is 5.75 Å². The predicted octanol–water partition coefficient (Wildman–Crippen LogP) is 4.05. The summed E-state index contributed by atoms with van der Waals surface area (Å²) >= 11 is 5.98. The Morgan fingerprint density at radius 3 is 2.80 bits per heavy atom. The molecule has 0 saturated carbocycles.